The van der Waals surface area contributed by atoms with Crippen molar-refractivity contribution in [2.75, 3.05) is 19.1 Å². The van der Waals surface area contributed by atoms with Crippen molar-refractivity contribution in [1.82, 2.24) is 14.7 Å². The fourth-order valence-corrected chi connectivity index (χ4v) is 3.36. The lowest BCUT2D eigenvalue weighted by Crippen LogP contribution is -2.31. The molecule has 0 amide bonds. The van der Waals surface area contributed by atoms with Gasteiger partial charge in [0.1, 0.15) is 0 Å². The van der Waals surface area contributed by atoms with Gasteiger partial charge in [-0.1, -0.05) is 6.92 Å². The Morgan fingerprint density at radius 2 is 2.11 bits per heavy atom. The molecule has 1 aromatic rings. The first-order chi connectivity index (χ1) is 8.54. The van der Waals surface area contributed by atoms with Crippen LogP contribution in [0, 0.1) is 0 Å². The highest BCUT2D eigenvalue weighted by Gasteiger charge is 2.17. The average molecular weight is 334 g/mol. The van der Waals surface area contributed by atoms with Crippen LogP contribution in [0.2, 0.25) is 0 Å². The Bertz CT molecular complexity index is 379. The maximum absolute atomic E-state index is 4.64. The van der Waals surface area contributed by atoms with E-state index in [1.54, 1.807) is 0 Å². The predicted molar refractivity (Wildman–Crippen MR) is 84.3 cm³/mol. The van der Waals surface area contributed by atoms with Crippen LogP contribution < -0.4 is 0 Å². The van der Waals surface area contributed by atoms with Crippen LogP contribution in [-0.2, 0) is 19.5 Å². The molecule has 0 aliphatic carbocycles. The summed E-state index contributed by atoms with van der Waals surface area (Å²) in [5.41, 5.74) is 2.46. The lowest BCUT2D eigenvalue weighted by atomic mass is 10.2. The molecule has 1 heterocycles. The first-order valence-electron chi connectivity index (χ1n) is 6.48. The molecule has 0 N–H and O–H groups in total. The fraction of sp³-hybridized carbons (Fsp3) is 0.769. The number of hydrogen-bond acceptors (Lipinski definition) is 3. The molecule has 3 nitrogen and oxygen atoms in total. The van der Waals surface area contributed by atoms with Gasteiger partial charge in [0.05, 0.1) is 15.9 Å². The van der Waals surface area contributed by atoms with E-state index >= 15 is 0 Å². The van der Waals surface area contributed by atoms with Gasteiger partial charge in [-0.25, -0.2) is 0 Å². The minimum absolute atomic E-state index is 0.581. The molecule has 1 rings (SSSR count). The summed E-state index contributed by atoms with van der Waals surface area (Å²) in [5.74, 6) is 1.16. The molecular formula is C13H24BrN3S. The summed E-state index contributed by atoms with van der Waals surface area (Å²) in [7, 11) is 2.19. The second-order valence-corrected chi connectivity index (χ2v) is 6.30. The van der Waals surface area contributed by atoms with E-state index in [-0.39, 0.29) is 0 Å². The molecular weight excluding hydrogens is 310 g/mol. The topological polar surface area (TPSA) is 21.1 Å². The van der Waals surface area contributed by atoms with E-state index in [9.17, 15) is 0 Å². The molecule has 1 aromatic heterocycles. The van der Waals surface area contributed by atoms with Crippen molar-refractivity contribution >= 4 is 27.7 Å². The number of rotatable bonds is 7. The van der Waals surface area contributed by atoms with Gasteiger partial charge in [0.2, 0.25) is 0 Å². The van der Waals surface area contributed by atoms with Crippen molar-refractivity contribution < 1.29 is 0 Å². The molecule has 0 fully saturated rings. The lowest BCUT2D eigenvalue weighted by molar-refractivity contribution is 0.260. The largest absolute Gasteiger partial charge is 0.297 e. The second kappa shape index (κ2) is 7.56. The third-order valence-electron chi connectivity index (χ3n) is 3.25. The van der Waals surface area contributed by atoms with Crippen LogP contribution in [0.15, 0.2) is 4.47 Å². The van der Waals surface area contributed by atoms with Crippen LogP contribution in [0.5, 0.6) is 0 Å². The summed E-state index contributed by atoms with van der Waals surface area (Å²) in [5, 5.41) is 4.64. The number of aromatic nitrogens is 2. The average Bonchev–Trinajstić information content (AvgIpc) is 2.66. The highest BCUT2D eigenvalue weighted by Crippen LogP contribution is 2.24. The number of thioether (sulfide) groups is 1. The molecule has 0 radical (unpaired) electrons. The highest BCUT2D eigenvalue weighted by atomic mass is 79.9. The zero-order chi connectivity index (χ0) is 13.7. The second-order valence-electron chi connectivity index (χ2n) is 4.60. The third kappa shape index (κ3) is 3.75. The Hall–Kier alpha value is -0.000000000000000111. The Morgan fingerprint density at radius 1 is 1.44 bits per heavy atom. The van der Waals surface area contributed by atoms with Gasteiger partial charge in [0.25, 0.3) is 0 Å². The number of aryl methyl sites for hydroxylation is 2. The van der Waals surface area contributed by atoms with Crippen LogP contribution in [-0.4, -0.2) is 39.8 Å². The fourth-order valence-electron chi connectivity index (χ4n) is 1.93. The van der Waals surface area contributed by atoms with E-state index in [1.165, 1.54) is 10.2 Å². The van der Waals surface area contributed by atoms with E-state index in [2.05, 4.69) is 64.7 Å². The summed E-state index contributed by atoms with van der Waals surface area (Å²) < 4.78 is 3.31. The van der Waals surface area contributed by atoms with E-state index < -0.39 is 0 Å². The molecule has 0 saturated heterocycles. The number of nitrogens with zero attached hydrogens (tertiary/aromatic N) is 3. The molecule has 0 aromatic carbocycles. The SMILES string of the molecule is CCc1nn(CC)c(CN(C)C(C)CSC)c1Br. The lowest BCUT2D eigenvalue weighted by Gasteiger charge is -2.24. The van der Waals surface area contributed by atoms with Gasteiger partial charge in [-0.2, -0.15) is 16.9 Å². The number of halogens is 1. The maximum atomic E-state index is 4.64. The summed E-state index contributed by atoms with van der Waals surface area (Å²) in [4.78, 5) is 2.39. The van der Waals surface area contributed by atoms with Crippen molar-refractivity contribution in [2.24, 2.45) is 0 Å². The zero-order valence-electron chi connectivity index (χ0n) is 12.0. The monoisotopic (exact) mass is 333 g/mol. The molecule has 0 spiro atoms. The normalized spacial score (nSPS) is 13.3. The minimum atomic E-state index is 0.581. The molecule has 104 valence electrons. The van der Waals surface area contributed by atoms with Gasteiger partial charge in [-0.3, -0.25) is 9.58 Å². The summed E-state index contributed by atoms with van der Waals surface area (Å²) in [6.45, 7) is 8.45. The van der Waals surface area contributed by atoms with Crippen molar-refractivity contribution in [2.45, 2.75) is 46.3 Å². The zero-order valence-corrected chi connectivity index (χ0v) is 14.4. The van der Waals surface area contributed by atoms with Crippen LogP contribution in [0.1, 0.15) is 32.2 Å². The van der Waals surface area contributed by atoms with E-state index in [4.69, 9.17) is 0 Å². The molecule has 0 saturated carbocycles. The molecule has 0 aliphatic heterocycles. The first-order valence-corrected chi connectivity index (χ1v) is 8.66. The van der Waals surface area contributed by atoms with Gasteiger partial charge in [0.15, 0.2) is 0 Å². The van der Waals surface area contributed by atoms with E-state index in [0.717, 1.165) is 31.0 Å². The van der Waals surface area contributed by atoms with Crippen molar-refractivity contribution in [3.63, 3.8) is 0 Å². The molecule has 1 unspecified atom stereocenters. The van der Waals surface area contributed by atoms with Crippen LogP contribution >= 0.6 is 27.7 Å². The molecule has 18 heavy (non-hydrogen) atoms. The van der Waals surface area contributed by atoms with E-state index in [0.29, 0.717) is 6.04 Å². The van der Waals surface area contributed by atoms with E-state index in [1.807, 2.05) is 11.8 Å². The maximum Gasteiger partial charge on any atom is 0.0767 e. The standard InChI is InChI=1S/C13H24BrN3S/c1-6-11-13(14)12(17(7-2)15-11)8-16(4)10(3)9-18-5/h10H,6-9H2,1-5H3. The van der Waals surface area contributed by atoms with Gasteiger partial charge >= 0.3 is 0 Å². The highest BCUT2D eigenvalue weighted by molar-refractivity contribution is 9.10. The van der Waals surface area contributed by atoms with Crippen LogP contribution in [0.4, 0.5) is 0 Å². The minimum Gasteiger partial charge on any atom is -0.297 e. The molecule has 1 atom stereocenters. The van der Waals surface area contributed by atoms with Crippen molar-refractivity contribution in [1.29, 1.82) is 0 Å². The number of hydrogen-bond donors (Lipinski definition) is 0. The van der Waals surface area contributed by atoms with Gasteiger partial charge in [-0.05, 0) is 49.5 Å². The Balaban J connectivity index is 2.85. The van der Waals surface area contributed by atoms with Crippen molar-refractivity contribution in [3.8, 4) is 0 Å². The summed E-state index contributed by atoms with van der Waals surface area (Å²) in [6, 6.07) is 0.581. The Kier molecular flexibility index (Phi) is 6.74. The van der Waals surface area contributed by atoms with Gasteiger partial charge in [-0.15, -0.1) is 0 Å². The van der Waals surface area contributed by atoms with Crippen molar-refractivity contribution in [3.05, 3.63) is 15.9 Å². The summed E-state index contributed by atoms with van der Waals surface area (Å²) >= 11 is 5.60. The van der Waals surface area contributed by atoms with Crippen LogP contribution in [0.25, 0.3) is 0 Å². The Labute approximate surface area is 123 Å². The molecule has 0 bridgehead atoms. The third-order valence-corrected chi connectivity index (χ3v) is 4.98. The summed E-state index contributed by atoms with van der Waals surface area (Å²) in [6.07, 6.45) is 3.14. The molecule has 5 heteroatoms. The predicted octanol–water partition coefficient (Wildman–Crippen LogP) is 3.41. The molecule has 0 aliphatic rings. The van der Waals surface area contributed by atoms with Gasteiger partial charge in [0, 0.05) is 24.9 Å². The first kappa shape index (κ1) is 16.1. The van der Waals surface area contributed by atoms with Gasteiger partial charge < -0.3 is 0 Å². The quantitative estimate of drug-likeness (QED) is 0.762. The van der Waals surface area contributed by atoms with Crippen LogP contribution in [0.3, 0.4) is 0 Å². The Morgan fingerprint density at radius 3 is 2.61 bits per heavy atom. The smallest absolute Gasteiger partial charge is 0.0767 e.